The number of piperazine rings is 2. The first-order valence-electron chi connectivity index (χ1n) is 7.29. The Morgan fingerprint density at radius 1 is 1.21 bits per heavy atom. The predicted molar refractivity (Wildman–Crippen MR) is 78.1 cm³/mol. The SMILES string of the molecule is CCOc1ccc(N2CCN3CCNCC3C2)cc1. The van der Waals surface area contributed by atoms with Gasteiger partial charge in [0.1, 0.15) is 5.75 Å². The molecule has 0 aliphatic carbocycles. The van der Waals surface area contributed by atoms with E-state index in [9.17, 15) is 0 Å². The molecule has 1 atom stereocenters. The summed E-state index contributed by atoms with van der Waals surface area (Å²) in [4.78, 5) is 5.10. The van der Waals surface area contributed by atoms with E-state index in [1.54, 1.807) is 0 Å². The molecule has 0 radical (unpaired) electrons. The van der Waals surface area contributed by atoms with E-state index in [1.165, 1.54) is 18.8 Å². The Balaban J connectivity index is 1.65. The van der Waals surface area contributed by atoms with Crippen molar-refractivity contribution in [3.63, 3.8) is 0 Å². The lowest BCUT2D eigenvalue weighted by molar-refractivity contribution is 0.146. The molecule has 2 aliphatic heterocycles. The Hall–Kier alpha value is -1.26. The molecule has 1 unspecified atom stereocenters. The van der Waals surface area contributed by atoms with Crippen molar-refractivity contribution in [3.8, 4) is 5.75 Å². The Kier molecular flexibility index (Phi) is 3.89. The number of anilines is 1. The van der Waals surface area contributed by atoms with E-state index in [-0.39, 0.29) is 0 Å². The van der Waals surface area contributed by atoms with E-state index < -0.39 is 0 Å². The number of hydrogen-bond donors (Lipinski definition) is 1. The van der Waals surface area contributed by atoms with Crippen LogP contribution in [-0.4, -0.2) is 56.8 Å². The highest BCUT2D eigenvalue weighted by atomic mass is 16.5. The lowest BCUT2D eigenvalue weighted by atomic mass is 10.1. The van der Waals surface area contributed by atoms with Gasteiger partial charge in [-0.15, -0.1) is 0 Å². The molecule has 1 N–H and O–H groups in total. The van der Waals surface area contributed by atoms with Crippen LogP contribution < -0.4 is 15.0 Å². The summed E-state index contributed by atoms with van der Waals surface area (Å²) >= 11 is 0. The summed E-state index contributed by atoms with van der Waals surface area (Å²) in [6, 6.07) is 9.16. The van der Waals surface area contributed by atoms with E-state index in [2.05, 4.69) is 39.4 Å². The first-order valence-corrected chi connectivity index (χ1v) is 7.29. The van der Waals surface area contributed by atoms with Gasteiger partial charge in [0.2, 0.25) is 0 Å². The number of hydrogen-bond acceptors (Lipinski definition) is 4. The Bertz CT molecular complexity index is 406. The molecule has 104 valence electrons. The fraction of sp³-hybridized carbons (Fsp3) is 0.600. The second-order valence-electron chi connectivity index (χ2n) is 5.27. The summed E-state index contributed by atoms with van der Waals surface area (Å²) < 4.78 is 5.50. The summed E-state index contributed by atoms with van der Waals surface area (Å²) in [7, 11) is 0. The largest absolute Gasteiger partial charge is 0.494 e. The van der Waals surface area contributed by atoms with E-state index in [0.29, 0.717) is 6.04 Å². The van der Waals surface area contributed by atoms with Gasteiger partial charge in [0.05, 0.1) is 6.61 Å². The smallest absolute Gasteiger partial charge is 0.119 e. The highest BCUT2D eigenvalue weighted by Crippen LogP contribution is 2.22. The van der Waals surface area contributed by atoms with Crippen LogP contribution in [0.15, 0.2) is 24.3 Å². The second kappa shape index (κ2) is 5.80. The van der Waals surface area contributed by atoms with Crippen LogP contribution in [0.5, 0.6) is 5.75 Å². The number of benzene rings is 1. The van der Waals surface area contributed by atoms with E-state index >= 15 is 0 Å². The molecule has 4 nitrogen and oxygen atoms in total. The summed E-state index contributed by atoms with van der Waals surface area (Å²) in [5, 5.41) is 3.49. The Morgan fingerprint density at radius 2 is 2.05 bits per heavy atom. The molecule has 0 amide bonds. The third kappa shape index (κ3) is 2.85. The fourth-order valence-corrected chi connectivity index (χ4v) is 3.03. The highest BCUT2D eigenvalue weighted by Gasteiger charge is 2.28. The number of nitrogens with one attached hydrogen (secondary N) is 1. The van der Waals surface area contributed by atoms with Crippen LogP contribution in [0.1, 0.15) is 6.92 Å². The van der Waals surface area contributed by atoms with Gasteiger partial charge in [0.15, 0.2) is 0 Å². The average Bonchev–Trinajstić information content (AvgIpc) is 2.48. The maximum atomic E-state index is 5.50. The monoisotopic (exact) mass is 261 g/mol. The van der Waals surface area contributed by atoms with Crippen LogP contribution in [0.25, 0.3) is 0 Å². The quantitative estimate of drug-likeness (QED) is 0.884. The normalized spacial score (nSPS) is 24.1. The summed E-state index contributed by atoms with van der Waals surface area (Å²) in [5.74, 6) is 0.962. The number of nitrogens with zero attached hydrogens (tertiary/aromatic N) is 2. The molecule has 3 rings (SSSR count). The van der Waals surface area contributed by atoms with E-state index in [0.717, 1.165) is 38.5 Å². The minimum absolute atomic E-state index is 0.661. The van der Waals surface area contributed by atoms with Crippen molar-refractivity contribution in [1.29, 1.82) is 0 Å². The third-order valence-electron chi connectivity index (χ3n) is 4.07. The minimum Gasteiger partial charge on any atom is -0.494 e. The van der Waals surface area contributed by atoms with Crippen molar-refractivity contribution >= 4 is 5.69 Å². The molecular weight excluding hydrogens is 238 g/mol. The van der Waals surface area contributed by atoms with Gasteiger partial charge in [-0.2, -0.15) is 0 Å². The fourth-order valence-electron chi connectivity index (χ4n) is 3.03. The lowest BCUT2D eigenvalue weighted by Crippen LogP contribution is -2.61. The van der Waals surface area contributed by atoms with Crippen LogP contribution >= 0.6 is 0 Å². The van der Waals surface area contributed by atoms with Gasteiger partial charge in [-0.1, -0.05) is 0 Å². The zero-order valence-corrected chi connectivity index (χ0v) is 11.6. The predicted octanol–water partition coefficient (Wildman–Crippen LogP) is 1.18. The van der Waals surface area contributed by atoms with Crippen LogP contribution in [0.4, 0.5) is 5.69 Å². The summed E-state index contributed by atoms with van der Waals surface area (Å²) in [6.07, 6.45) is 0. The molecule has 0 saturated carbocycles. The third-order valence-corrected chi connectivity index (χ3v) is 4.07. The second-order valence-corrected chi connectivity index (χ2v) is 5.27. The van der Waals surface area contributed by atoms with Crippen LogP contribution in [0.2, 0.25) is 0 Å². The van der Waals surface area contributed by atoms with Crippen molar-refractivity contribution in [3.05, 3.63) is 24.3 Å². The van der Waals surface area contributed by atoms with Gasteiger partial charge >= 0.3 is 0 Å². The Morgan fingerprint density at radius 3 is 2.84 bits per heavy atom. The molecule has 2 aliphatic rings. The van der Waals surface area contributed by atoms with Gasteiger partial charge < -0.3 is 15.0 Å². The summed E-state index contributed by atoms with van der Waals surface area (Å²) in [5.41, 5.74) is 1.31. The standard InChI is InChI=1S/C15H23N3O/c1-2-19-15-5-3-13(4-6-15)18-10-9-17-8-7-16-11-14(17)12-18/h3-6,14,16H,2,7-12H2,1H3. The first kappa shape index (κ1) is 12.8. The van der Waals surface area contributed by atoms with Gasteiger partial charge in [-0.05, 0) is 31.2 Å². The van der Waals surface area contributed by atoms with Crippen molar-refractivity contribution in [1.82, 2.24) is 10.2 Å². The number of ether oxygens (including phenoxy) is 1. The topological polar surface area (TPSA) is 27.7 Å². The minimum atomic E-state index is 0.661. The molecule has 0 spiro atoms. The molecule has 2 heterocycles. The molecule has 4 heteroatoms. The van der Waals surface area contributed by atoms with Crippen molar-refractivity contribution in [2.45, 2.75) is 13.0 Å². The van der Waals surface area contributed by atoms with E-state index in [4.69, 9.17) is 4.74 Å². The highest BCUT2D eigenvalue weighted by molar-refractivity contribution is 5.49. The molecule has 2 saturated heterocycles. The Labute approximate surface area is 115 Å². The lowest BCUT2D eigenvalue weighted by Gasteiger charge is -2.45. The van der Waals surface area contributed by atoms with Crippen molar-refractivity contribution in [2.24, 2.45) is 0 Å². The number of fused-ring (bicyclic) bond motifs is 1. The molecule has 0 bridgehead atoms. The number of rotatable bonds is 3. The van der Waals surface area contributed by atoms with Gasteiger partial charge in [-0.25, -0.2) is 0 Å². The van der Waals surface area contributed by atoms with Crippen LogP contribution in [-0.2, 0) is 0 Å². The van der Waals surface area contributed by atoms with Crippen molar-refractivity contribution < 1.29 is 4.74 Å². The van der Waals surface area contributed by atoms with Gasteiger partial charge in [0, 0.05) is 51.0 Å². The van der Waals surface area contributed by atoms with Crippen LogP contribution in [0, 0.1) is 0 Å². The molecule has 1 aromatic carbocycles. The van der Waals surface area contributed by atoms with Crippen LogP contribution in [0.3, 0.4) is 0 Å². The van der Waals surface area contributed by atoms with Crippen molar-refractivity contribution in [2.75, 3.05) is 50.8 Å². The zero-order chi connectivity index (χ0) is 13.1. The maximum Gasteiger partial charge on any atom is 0.119 e. The molecule has 1 aromatic rings. The molecule has 19 heavy (non-hydrogen) atoms. The molecular formula is C15H23N3O. The zero-order valence-electron chi connectivity index (χ0n) is 11.6. The van der Waals surface area contributed by atoms with Gasteiger partial charge in [0.25, 0.3) is 0 Å². The molecule has 2 fully saturated rings. The maximum absolute atomic E-state index is 5.50. The average molecular weight is 261 g/mol. The summed E-state index contributed by atoms with van der Waals surface area (Å²) in [6.45, 7) is 9.63. The first-order chi connectivity index (χ1) is 9.36. The van der Waals surface area contributed by atoms with Gasteiger partial charge in [-0.3, -0.25) is 4.90 Å². The molecule has 0 aromatic heterocycles. The van der Waals surface area contributed by atoms with E-state index in [1.807, 2.05) is 6.92 Å².